The Bertz CT molecular complexity index is 4250. The molecule has 2 aliphatic rings. The maximum absolute atomic E-state index is 15.6. The minimum absolute atomic E-state index is 0.0116. The Morgan fingerprint density at radius 1 is 0.698 bits per heavy atom. The molecule has 4 aromatic carbocycles. The average Bonchev–Trinajstić information content (AvgIpc) is 1.94. The van der Waals surface area contributed by atoms with Crippen molar-refractivity contribution in [2.75, 3.05) is 42.2 Å². The number of halogens is 6. The SMILES string of the molecule is CS(=O)(=O)O.Cn1c(=O)c2c(nc(N3CCC[C@@H](N)C3)n2Cc2cc(F)ccc2Cl)c2cc(F)c(C(=O)O)cc21.Cn1c(=O)c2c(nc(N3CCC[C@@H](NC(=O)OC(C)(C)C)C3)n2Cc2cc(F)ccc2Cl)c2cc(F)c(C(=O)OC(C)(C)C)cc21. The largest absolute Gasteiger partial charge is 0.478 e. The molecule has 8 aromatic rings. The number of carboxylic acids is 1. The summed E-state index contributed by atoms with van der Waals surface area (Å²) >= 11 is 12.8. The van der Waals surface area contributed by atoms with Gasteiger partial charge in [-0.1, -0.05) is 23.2 Å². The predicted molar refractivity (Wildman–Crippen MR) is 320 cm³/mol. The van der Waals surface area contributed by atoms with Crippen LogP contribution >= 0.6 is 23.2 Å². The summed E-state index contributed by atoms with van der Waals surface area (Å²) < 4.78 is 101. The number of ether oxygens (including phenoxy) is 2. The van der Waals surface area contributed by atoms with Crippen molar-refractivity contribution in [1.29, 1.82) is 0 Å². The topological polar surface area (TPSA) is 268 Å². The van der Waals surface area contributed by atoms with E-state index >= 15 is 4.39 Å². The highest BCUT2D eigenvalue weighted by atomic mass is 35.5. The minimum Gasteiger partial charge on any atom is -0.478 e. The molecule has 4 aromatic heterocycles. The van der Waals surface area contributed by atoms with Crippen LogP contribution in [0.5, 0.6) is 0 Å². The van der Waals surface area contributed by atoms with Gasteiger partial charge in [0.25, 0.3) is 21.2 Å². The fraction of sp³-hybridized carbons (Fsp3) is 0.397. The number of carbonyl (C=O) groups excluding carboxylic acids is 2. The number of fused-ring (bicyclic) bond motifs is 6. The second-order valence-corrected chi connectivity index (χ2v) is 25.4. The van der Waals surface area contributed by atoms with Crippen molar-refractivity contribution in [3.8, 4) is 0 Å². The molecule has 10 rings (SSSR count). The molecule has 6 heterocycles. The first-order valence-corrected chi connectivity index (χ1v) is 29.6. The summed E-state index contributed by atoms with van der Waals surface area (Å²) in [7, 11) is -0.661. The number of nitrogens with zero attached hydrogens (tertiary/aromatic N) is 8. The third-order valence-corrected chi connectivity index (χ3v) is 14.7. The molecule has 0 bridgehead atoms. The third kappa shape index (κ3) is 14.5. The molecule has 28 heteroatoms. The normalized spacial score (nSPS) is 15.8. The van der Waals surface area contributed by atoms with E-state index in [2.05, 4.69) is 5.32 Å². The van der Waals surface area contributed by atoms with Gasteiger partial charge in [-0.2, -0.15) is 8.42 Å². The van der Waals surface area contributed by atoms with Gasteiger partial charge < -0.3 is 53.7 Å². The van der Waals surface area contributed by atoms with Crippen molar-refractivity contribution in [2.24, 2.45) is 19.8 Å². The Balaban J connectivity index is 0.000000213. The molecule has 0 unspecified atom stereocenters. The van der Waals surface area contributed by atoms with E-state index in [1.807, 2.05) is 9.80 Å². The molecule has 2 atom stereocenters. The Hall–Kier alpha value is -7.78. The summed E-state index contributed by atoms with van der Waals surface area (Å²) in [6, 6.07) is 12.3. The third-order valence-electron chi connectivity index (χ3n) is 14.0. The number of hydrogen-bond donors (Lipinski definition) is 4. The lowest BCUT2D eigenvalue weighted by Crippen LogP contribution is -2.49. The van der Waals surface area contributed by atoms with Crippen LogP contribution < -0.4 is 32.0 Å². The Labute approximate surface area is 500 Å². The van der Waals surface area contributed by atoms with Crippen molar-refractivity contribution >= 4 is 107 Å². The molecular formula is C58H64Cl2F4N10O11S. The number of rotatable bonds is 9. The second kappa shape index (κ2) is 24.9. The highest BCUT2D eigenvalue weighted by molar-refractivity contribution is 7.85. The lowest BCUT2D eigenvalue weighted by molar-refractivity contribution is 0.00641. The minimum atomic E-state index is -3.67. The van der Waals surface area contributed by atoms with Crippen molar-refractivity contribution in [1.82, 2.24) is 33.6 Å². The monoisotopic (exact) mass is 1250 g/mol. The zero-order valence-electron chi connectivity index (χ0n) is 48.4. The van der Waals surface area contributed by atoms with Crippen LogP contribution in [0.2, 0.25) is 10.0 Å². The highest BCUT2D eigenvalue weighted by Crippen LogP contribution is 2.35. The predicted octanol–water partition coefficient (Wildman–Crippen LogP) is 9.31. The fourth-order valence-corrected chi connectivity index (χ4v) is 10.7. The van der Waals surface area contributed by atoms with Gasteiger partial charge in [0, 0.05) is 73.2 Å². The maximum atomic E-state index is 15.6. The van der Waals surface area contributed by atoms with Crippen molar-refractivity contribution in [2.45, 2.75) is 104 Å². The van der Waals surface area contributed by atoms with Gasteiger partial charge in [0.05, 0.1) is 41.5 Å². The quantitative estimate of drug-likeness (QED) is 0.0595. The first-order chi connectivity index (χ1) is 40.1. The number of piperidine rings is 2. The van der Waals surface area contributed by atoms with E-state index in [9.17, 15) is 50.7 Å². The standard InChI is InChI=1S/C33H38ClF2N5O5.C24H22ClF2N5O3.CH4O3S/c1-32(2,3)45-29(43)21-15-25-22(14-24(21)36)26-27(28(42)39(25)7)41(16-18-13-19(35)10-11-23(18)34)30(38-26)40-12-8-9-20(17-40)37-31(44)46-33(4,5)6;1-30-19-9-15(23(34)35)18(27)8-16(19)20-21(22(30)33)32(10-12-7-13(26)4-5-17(12)25)24(29-20)31-6-2-3-14(28)11-31;1-5(2,3)4/h10-11,13-15,20H,8-9,12,16-17H2,1-7H3,(H,37,44);4-5,7-9,14H,2-3,6,10-11,28H2,1H3,(H,34,35);1H3,(H,2,3,4)/t20-;14-;/m11./s1. The molecule has 0 spiro atoms. The number of alkyl carbamates (subject to hydrolysis) is 1. The molecule has 0 radical (unpaired) electrons. The van der Waals surface area contributed by atoms with E-state index in [1.54, 1.807) is 50.7 Å². The smallest absolute Gasteiger partial charge is 0.407 e. The van der Waals surface area contributed by atoms with Gasteiger partial charge in [-0.15, -0.1) is 0 Å². The zero-order chi connectivity index (χ0) is 63.2. The summed E-state index contributed by atoms with van der Waals surface area (Å²) in [5.41, 5.74) is 5.03. The highest BCUT2D eigenvalue weighted by Gasteiger charge is 2.32. The van der Waals surface area contributed by atoms with E-state index in [4.69, 9.17) is 52.9 Å². The van der Waals surface area contributed by atoms with Crippen LogP contribution in [0.1, 0.15) is 99.1 Å². The van der Waals surface area contributed by atoms with E-state index in [-0.39, 0.29) is 69.2 Å². The fourth-order valence-electron chi connectivity index (χ4n) is 10.3. The van der Waals surface area contributed by atoms with Gasteiger partial charge in [0.1, 0.15) is 56.5 Å². The average molecular weight is 1260 g/mol. The number of aromatic nitrogens is 6. The van der Waals surface area contributed by atoms with Gasteiger partial charge in [-0.05, 0) is 139 Å². The molecular weight excluding hydrogens is 1190 g/mol. The summed E-state index contributed by atoms with van der Waals surface area (Å²) in [6.07, 6.45) is 3.22. The number of aromatic carboxylic acids is 1. The Morgan fingerprint density at radius 2 is 1.13 bits per heavy atom. The number of nitrogens with one attached hydrogen (secondary N) is 1. The van der Waals surface area contributed by atoms with Gasteiger partial charge in [-0.3, -0.25) is 14.1 Å². The van der Waals surface area contributed by atoms with Crippen molar-refractivity contribution < 1.29 is 59.5 Å². The summed E-state index contributed by atoms with van der Waals surface area (Å²) in [4.78, 5) is 77.9. The van der Waals surface area contributed by atoms with Crippen LogP contribution in [-0.4, -0.2) is 120 Å². The number of imidazole rings is 2. The molecule has 2 aliphatic heterocycles. The van der Waals surface area contributed by atoms with Gasteiger partial charge in [-0.25, -0.2) is 41.9 Å². The molecule has 2 fully saturated rings. The molecule has 5 N–H and O–H groups in total. The first-order valence-electron chi connectivity index (χ1n) is 27.0. The molecule has 460 valence electrons. The number of pyridine rings is 2. The van der Waals surface area contributed by atoms with Crippen LogP contribution in [0, 0.1) is 23.3 Å². The first kappa shape index (κ1) is 64.2. The number of anilines is 2. The van der Waals surface area contributed by atoms with Gasteiger partial charge >= 0.3 is 18.0 Å². The number of hydrogen-bond acceptors (Lipinski definition) is 14. The number of carboxylic acid groups (broad SMARTS) is 1. The number of esters is 1. The summed E-state index contributed by atoms with van der Waals surface area (Å²) in [5.74, 6) is -4.23. The lowest BCUT2D eigenvalue weighted by Gasteiger charge is -2.34. The van der Waals surface area contributed by atoms with Crippen molar-refractivity contribution in [3.05, 3.63) is 137 Å². The van der Waals surface area contributed by atoms with Crippen LogP contribution in [0.25, 0.3) is 43.9 Å². The van der Waals surface area contributed by atoms with E-state index in [1.165, 1.54) is 71.8 Å². The summed E-state index contributed by atoms with van der Waals surface area (Å²) in [6.45, 7) is 12.4. The van der Waals surface area contributed by atoms with Crippen LogP contribution in [0.15, 0.2) is 70.3 Å². The number of carbonyl (C=O) groups is 3. The Kier molecular flexibility index (Phi) is 18.6. The molecule has 2 saturated heterocycles. The van der Waals surface area contributed by atoms with Crippen LogP contribution in [0.4, 0.5) is 34.3 Å². The molecule has 86 heavy (non-hydrogen) atoms. The number of nitrogens with two attached hydrogens (primary N) is 1. The number of aryl methyl sites for hydroxylation is 2. The second-order valence-electron chi connectivity index (χ2n) is 23.1. The summed E-state index contributed by atoms with van der Waals surface area (Å²) in [5, 5.41) is 13.5. The van der Waals surface area contributed by atoms with Gasteiger partial charge in [0.15, 0.2) is 0 Å². The maximum Gasteiger partial charge on any atom is 0.407 e. The molecule has 0 aliphatic carbocycles. The van der Waals surface area contributed by atoms with E-state index in [0.29, 0.717) is 83.7 Å². The molecule has 0 saturated carbocycles. The number of amides is 1. The van der Waals surface area contributed by atoms with E-state index in [0.717, 1.165) is 25.0 Å². The zero-order valence-corrected chi connectivity index (χ0v) is 50.7. The molecule has 21 nitrogen and oxygen atoms in total. The van der Waals surface area contributed by atoms with Crippen molar-refractivity contribution in [3.63, 3.8) is 0 Å². The Morgan fingerprint density at radius 3 is 1.57 bits per heavy atom. The van der Waals surface area contributed by atoms with Crippen LogP contribution in [-0.2, 0) is 46.8 Å². The number of benzene rings is 4. The van der Waals surface area contributed by atoms with Crippen LogP contribution in [0.3, 0.4) is 0 Å². The van der Waals surface area contributed by atoms with E-state index < -0.39 is 79.3 Å². The molecule has 1 amide bonds. The lowest BCUT2D eigenvalue weighted by atomic mass is 10.1. The van der Waals surface area contributed by atoms with Gasteiger partial charge in [0.2, 0.25) is 11.9 Å².